The second-order valence-electron chi connectivity index (χ2n) is 7.47. The predicted molar refractivity (Wildman–Crippen MR) is 110 cm³/mol. The van der Waals surface area contributed by atoms with E-state index in [4.69, 9.17) is 5.73 Å². The molecule has 0 bridgehead atoms. The molecule has 6 heteroatoms. The number of rotatable bonds is 1. The fourth-order valence-electron chi connectivity index (χ4n) is 4.28. The first kappa shape index (κ1) is 15.9. The number of nitrogens with two attached hydrogens (primary N) is 1. The van der Waals surface area contributed by atoms with Crippen LogP contribution in [0.4, 0.5) is 5.82 Å². The van der Waals surface area contributed by atoms with E-state index in [9.17, 15) is 0 Å². The van der Waals surface area contributed by atoms with Crippen LogP contribution in [0.3, 0.4) is 0 Å². The van der Waals surface area contributed by atoms with Crippen LogP contribution in [0.25, 0.3) is 39.0 Å². The Morgan fingerprint density at radius 1 is 1.22 bits per heavy atom. The smallest absolute Gasteiger partial charge is 0.146 e. The third kappa shape index (κ3) is 2.07. The van der Waals surface area contributed by atoms with Gasteiger partial charge in [0.15, 0.2) is 0 Å². The van der Waals surface area contributed by atoms with Gasteiger partial charge >= 0.3 is 0 Å². The summed E-state index contributed by atoms with van der Waals surface area (Å²) < 4.78 is 4.43. The van der Waals surface area contributed by atoms with Crippen molar-refractivity contribution in [2.45, 2.75) is 33.4 Å². The van der Waals surface area contributed by atoms with Gasteiger partial charge in [0, 0.05) is 22.7 Å². The van der Waals surface area contributed by atoms with Crippen LogP contribution in [-0.2, 0) is 6.54 Å². The summed E-state index contributed by atoms with van der Waals surface area (Å²) in [5, 5.41) is 5.58. The number of nitrogen functional groups attached to an aromatic ring is 1. The lowest BCUT2D eigenvalue weighted by Crippen LogP contribution is -2.17. The molecule has 3 N–H and O–H groups in total. The minimum absolute atomic E-state index is 0.249. The number of benzene rings is 1. The summed E-state index contributed by atoms with van der Waals surface area (Å²) in [6.07, 6.45) is 1.54. The van der Waals surface area contributed by atoms with Crippen molar-refractivity contribution >= 4 is 33.6 Å². The highest BCUT2D eigenvalue weighted by molar-refractivity contribution is 6.05. The molecule has 0 saturated heterocycles. The summed E-state index contributed by atoms with van der Waals surface area (Å²) in [6, 6.07) is 8.94. The molecule has 1 aliphatic heterocycles. The molecule has 0 atom stereocenters. The highest BCUT2D eigenvalue weighted by Gasteiger charge is 2.28. The van der Waals surface area contributed by atoms with Gasteiger partial charge in [0.1, 0.15) is 23.6 Å². The number of nitrogens with zero attached hydrogens (tertiary/aromatic N) is 4. The van der Waals surface area contributed by atoms with Crippen molar-refractivity contribution < 1.29 is 0 Å². The molecule has 3 aromatic heterocycles. The standard InChI is InChI=1S/C21H22N6/c1-11(2)26-17-9-23-13(4)27-15-6-5-12(3)7-14(15)8-16(27)18(17)19-20(22)24-10-25-21(19)26/h5-8,10-11,23H,4,9H2,1-3H3,(H2,22,24,25). The average Bonchev–Trinajstić information content (AvgIpc) is 3.11. The Labute approximate surface area is 157 Å². The Balaban J connectivity index is 1.99. The van der Waals surface area contributed by atoms with Gasteiger partial charge in [0.25, 0.3) is 0 Å². The number of nitrogens with one attached hydrogen (secondary N) is 1. The van der Waals surface area contributed by atoms with Crippen molar-refractivity contribution in [2.24, 2.45) is 0 Å². The number of aryl methyl sites for hydroxylation is 1. The molecule has 0 fully saturated rings. The summed E-state index contributed by atoms with van der Waals surface area (Å²) in [5.74, 6) is 1.37. The lowest BCUT2D eigenvalue weighted by Gasteiger charge is -2.15. The monoisotopic (exact) mass is 358 g/mol. The van der Waals surface area contributed by atoms with E-state index in [-0.39, 0.29) is 6.04 Å². The van der Waals surface area contributed by atoms with E-state index in [0.717, 1.165) is 39.3 Å². The first-order chi connectivity index (χ1) is 13.0. The van der Waals surface area contributed by atoms with Gasteiger partial charge in [-0.05, 0) is 39.0 Å². The Kier molecular flexibility index (Phi) is 3.16. The van der Waals surface area contributed by atoms with Gasteiger partial charge in [0.2, 0.25) is 0 Å². The van der Waals surface area contributed by atoms with E-state index in [2.05, 4.69) is 76.0 Å². The molecule has 1 aliphatic rings. The molecule has 0 amide bonds. The third-order valence-electron chi connectivity index (χ3n) is 5.37. The maximum absolute atomic E-state index is 6.34. The SMILES string of the molecule is C=C1NCc2c(c3c(N)ncnc3n2C(C)C)-c2cc3cc(C)ccc3n21. The molecular formula is C21H22N6. The van der Waals surface area contributed by atoms with Crippen molar-refractivity contribution in [3.63, 3.8) is 0 Å². The largest absolute Gasteiger partial charge is 0.383 e. The normalized spacial score (nSPS) is 13.7. The minimum atomic E-state index is 0.249. The summed E-state index contributed by atoms with van der Waals surface area (Å²) in [4.78, 5) is 8.85. The molecule has 6 nitrogen and oxygen atoms in total. The van der Waals surface area contributed by atoms with Crippen LogP contribution in [0.2, 0.25) is 0 Å². The Morgan fingerprint density at radius 2 is 2.04 bits per heavy atom. The van der Waals surface area contributed by atoms with Crippen molar-refractivity contribution in [3.8, 4) is 11.3 Å². The molecule has 0 spiro atoms. The van der Waals surface area contributed by atoms with Gasteiger partial charge in [-0.2, -0.15) is 0 Å². The van der Waals surface area contributed by atoms with Crippen LogP contribution < -0.4 is 11.1 Å². The average molecular weight is 358 g/mol. The van der Waals surface area contributed by atoms with Crippen LogP contribution in [0, 0.1) is 6.92 Å². The molecule has 136 valence electrons. The number of hydrogen-bond acceptors (Lipinski definition) is 4. The first-order valence-electron chi connectivity index (χ1n) is 9.16. The zero-order valence-corrected chi connectivity index (χ0v) is 15.7. The Bertz CT molecular complexity index is 1240. The highest BCUT2D eigenvalue weighted by atomic mass is 15.2. The fraction of sp³-hybridized carbons (Fsp3) is 0.238. The quantitative estimate of drug-likeness (QED) is 0.538. The summed E-state index contributed by atoms with van der Waals surface area (Å²) >= 11 is 0. The molecule has 0 aliphatic carbocycles. The Morgan fingerprint density at radius 3 is 2.81 bits per heavy atom. The van der Waals surface area contributed by atoms with E-state index in [0.29, 0.717) is 12.4 Å². The third-order valence-corrected chi connectivity index (χ3v) is 5.37. The van der Waals surface area contributed by atoms with Gasteiger partial charge in [0.05, 0.1) is 23.1 Å². The van der Waals surface area contributed by atoms with Crippen molar-refractivity contribution in [1.82, 2.24) is 24.4 Å². The molecule has 0 radical (unpaired) electrons. The van der Waals surface area contributed by atoms with Crippen LogP contribution in [-0.4, -0.2) is 19.1 Å². The summed E-state index contributed by atoms with van der Waals surface area (Å²) in [6.45, 7) is 11.4. The predicted octanol–water partition coefficient (Wildman–Crippen LogP) is 4.06. The topological polar surface area (TPSA) is 73.7 Å². The number of hydrogen-bond donors (Lipinski definition) is 2. The second kappa shape index (κ2) is 5.36. The van der Waals surface area contributed by atoms with Gasteiger partial charge in [-0.1, -0.05) is 18.2 Å². The van der Waals surface area contributed by atoms with Crippen LogP contribution in [0.5, 0.6) is 0 Å². The molecule has 4 heterocycles. The number of fused-ring (bicyclic) bond motifs is 7. The van der Waals surface area contributed by atoms with Crippen LogP contribution in [0.1, 0.15) is 31.1 Å². The maximum Gasteiger partial charge on any atom is 0.146 e. The van der Waals surface area contributed by atoms with Gasteiger partial charge in [-0.3, -0.25) is 4.57 Å². The lowest BCUT2D eigenvalue weighted by atomic mass is 10.1. The number of anilines is 1. The molecule has 1 aromatic carbocycles. The molecular weight excluding hydrogens is 336 g/mol. The summed E-state index contributed by atoms with van der Waals surface area (Å²) in [5.41, 5.74) is 12.9. The van der Waals surface area contributed by atoms with Gasteiger partial charge in [-0.25, -0.2) is 9.97 Å². The van der Waals surface area contributed by atoms with Crippen molar-refractivity contribution in [1.29, 1.82) is 0 Å². The van der Waals surface area contributed by atoms with E-state index in [1.807, 2.05) is 0 Å². The second-order valence-corrected chi connectivity index (χ2v) is 7.47. The number of aromatic nitrogens is 4. The first-order valence-corrected chi connectivity index (χ1v) is 9.16. The summed E-state index contributed by atoms with van der Waals surface area (Å²) in [7, 11) is 0. The fourth-order valence-corrected chi connectivity index (χ4v) is 4.28. The molecule has 0 saturated carbocycles. The minimum Gasteiger partial charge on any atom is -0.383 e. The van der Waals surface area contributed by atoms with E-state index in [1.54, 1.807) is 6.33 Å². The van der Waals surface area contributed by atoms with Gasteiger partial charge < -0.3 is 15.6 Å². The molecule has 27 heavy (non-hydrogen) atoms. The molecule has 4 aromatic rings. The van der Waals surface area contributed by atoms with Crippen LogP contribution in [0.15, 0.2) is 37.2 Å². The van der Waals surface area contributed by atoms with Crippen molar-refractivity contribution in [3.05, 3.63) is 48.4 Å². The highest BCUT2D eigenvalue weighted by Crippen LogP contribution is 2.42. The van der Waals surface area contributed by atoms with Crippen LogP contribution >= 0.6 is 0 Å². The zero-order valence-electron chi connectivity index (χ0n) is 15.7. The van der Waals surface area contributed by atoms with Gasteiger partial charge in [-0.15, -0.1) is 0 Å². The molecule has 0 unspecified atom stereocenters. The van der Waals surface area contributed by atoms with E-state index < -0.39 is 0 Å². The van der Waals surface area contributed by atoms with E-state index >= 15 is 0 Å². The Hall–Kier alpha value is -3.28. The maximum atomic E-state index is 6.34. The lowest BCUT2D eigenvalue weighted by molar-refractivity contribution is 0.583. The van der Waals surface area contributed by atoms with Crippen molar-refractivity contribution in [2.75, 3.05) is 5.73 Å². The van der Waals surface area contributed by atoms with E-state index in [1.165, 1.54) is 10.9 Å². The zero-order chi connectivity index (χ0) is 18.9. The molecule has 5 rings (SSSR count).